The number of rotatable bonds is 6. The first kappa shape index (κ1) is 26.2. The largest absolute Gasteiger partial charge is 0.391 e. The molecule has 3 amide bonds. The quantitative estimate of drug-likeness (QED) is 0.542. The molecule has 0 saturated carbocycles. The van der Waals surface area contributed by atoms with Crippen LogP contribution in [0.4, 0.5) is 0 Å². The Morgan fingerprint density at radius 2 is 1.89 bits per heavy atom. The molecule has 3 N–H and O–H groups in total. The molecule has 0 bridgehead atoms. The molecular weight excluding hydrogens is 480 g/mol. The van der Waals surface area contributed by atoms with E-state index in [1.165, 1.54) is 11.8 Å². The summed E-state index contributed by atoms with van der Waals surface area (Å²) >= 11 is 1.58. The Bertz CT molecular complexity index is 1140. The number of likely N-dealkylation sites (tertiary alicyclic amines) is 1. The van der Waals surface area contributed by atoms with Gasteiger partial charge < -0.3 is 25.4 Å². The van der Waals surface area contributed by atoms with Crippen LogP contribution >= 0.6 is 11.3 Å². The Hall–Kier alpha value is -2.82. The van der Waals surface area contributed by atoms with Crippen LogP contribution in [-0.2, 0) is 24.7 Å². The summed E-state index contributed by atoms with van der Waals surface area (Å²) in [6.07, 6.45) is -0.687. The summed E-state index contributed by atoms with van der Waals surface area (Å²) in [5.74, 6) is -1.05. The number of aliphatic hydroxyl groups is 1. The van der Waals surface area contributed by atoms with Crippen molar-refractivity contribution in [2.24, 2.45) is 5.41 Å². The first-order valence-electron chi connectivity index (χ1n) is 12.1. The maximum absolute atomic E-state index is 13.5. The smallest absolute Gasteiger partial charge is 0.246 e. The Labute approximate surface area is 215 Å². The number of carbonyl (C=O) groups is 3. The highest BCUT2D eigenvalue weighted by Gasteiger charge is 2.48. The number of nitrogens with zero attached hydrogens (tertiary/aromatic N) is 2. The van der Waals surface area contributed by atoms with Crippen molar-refractivity contribution >= 4 is 29.1 Å². The van der Waals surface area contributed by atoms with E-state index in [-0.39, 0.29) is 30.7 Å². The van der Waals surface area contributed by atoms with Crippen LogP contribution in [0.1, 0.15) is 45.4 Å². The van der Waals surface area contributed by atoms with Crippen molar-refractivity contribution in [3.8, 4) is 10.4 Å². The number of hydrogen-bond donors (Lipinski definition) is 3. The number of aliphatic hydroxyl groups excluding tert-OH is 1. The van der Waals surface area contributed by atoms with E-state index in [4.69, 9.17) is 4.74 Å². The second kappa shape index (κ2) is 9.91. The van der Waals surface area contributed by atoms with Crippen LogP contribution in [0, 0.1) is 12.3 Å². The van der Waals surface area contributed by atoms with Gasteiger partial charge in [0.05, 0.1) is 35.4 Å². The molecule has 0 spiro atoms. The number of thiazole rings is 1. The molecule has 3 atom stereocenters. The lowest BCUT2D eigenvalue weighted by molar-refractivity contribution is -0.147. The number of nitrogens with one attached hydrogen (secondary N) is 2. The SMILES string of the molecule is CC(=O)NC(C(=O)N1C[C@H](O)C[C@H]1C(=O)NC1(c2ccc(-c3scnc3C)cc2)COC1)C(C)(C)C. The fourth-order valence-corrected chi connectivity index (χ4v) is 5.59. The maximum Gasteiger partial charge on any atom is 0.246 e. The Morgan fingerprint density at radius 3 is 2.39 bits per heavy atom. The van der Waals surface area contributed by atoms with Crippen LogP contribution in [0.15, 0.2) is 29.8 Å². The van der Waals surface area contributed by atoms with Crippen LogP contribution in [-0.4, -0.2) is 70.7 Å². The predicted octanol–water partition coefficient (Wildman–Crippen LogP) is 1.97. The molecule has 9 nitrogen and oxygen atoms in total. The number of aryl methyl sites for hydroxylation is 1. The van der Waals surface area contributed by atoms with Gasteiger partial charge in [0.15, 0.2) is 0 Å². The maximum atomic E-state index is 13.5. The average molecular weight is 515 g/mol. The number of amides is 3. The minimum absolute atomic E-state index is 0.0372. The zero-order chi connectivity index (χ0) is 26.3. The third-order valence-electron chi connectivity index (χ3n) is 6.83. The Kier molecular flexibility index (Phi) is 7.23. The van der Waals surface area contributed by atoms with Gasteiger partial charge in [-0.2, -0.15) is 0 Å². The molecule has 2 fully saturated rings. The average Bonchev–Trinajstić information content (AvgIpc) is 3.39. The lowest BCUT2D eigenvalue weighted by Gasteiger charge is -2.44. The highest BCUT2D eigenvalue weighted by Crippen LogP contribution is 2.34. The minimum Gasteiger partial charge on any atom is -0.391 e. The minimum atomic E-state index is -0.845. The van der Waals surface area contributed by atoms with E-state index in [0.29, 0.717) is 13.2 Å². The van der Waals surface area contributed by atoms with Crippen LogP contribution in [0.3, 0.4) is 0 Å². The molecule has 4 rings (SSSR count). The van der Waals surface area contributed by atoms with Gasteiger partial charge >= 0.3 is 0 Å². The molecule has 2 aliphatic heterocycles. The van der Waals surface area contributed by atoms with Crippen molar-refractivity contribution in [2.45, 2.75) is 64.8 Å². The number of carbonyl (C=O) groups excluding carboxylic acids is 3. The predicted molar refractivity (Wildman–Crippen MR) is 136 cm³/mol. The van der Waals surface area contributed by atoms with E-state index < -0.39 is 29.1 Å². The molecule has 2 aliphatic rings. The number of aromatic nitrogens is 1. The first-order chi connectivity index (χ1) is 16.9. The summed E-state index contributed by atoms with van der Waals surface area (Å²) in [5, 5.41) is 16.2. The summed E-state index contributed by atoms with van der Waals surface area (Å²) in [5.41, 5.74) is 3.48. The van der Waals surface area contributed by atoms with Gasteiger partial charge in [0, 0.05) is 19.9 Å². The van der Waals surface area contributed by atoms with Crippen LogP contribution in [0.5, 0.6) is 0 Å². The van der Waals surface area contributed by atoms with Crippen molar-refractivity contribution in [3.05, 3.63) is 41.0 Å². The highest BCUT2D eigenvalue weighted by molar-refractivity contribution is 7.13. The van der Waals surface area contributed by atoms with Gasteiger partial charge in [0.25, 0.3) is 0 Å². The zero-order valence-electron chi connectivity index (χ0n) is 21.3. The lowest BCUT2D eigenvalue weighted by Crippen LogP contribution is -2.63. The second-order valence-corrected chi connectivity index (χ2v) is 11.7. The van der Waals surface area contributed by atoms with Gasteiger partial charge in [-0.3, -0.25) is 14.4 Å². The Morgan fingerprint density at radius 1 is 1.22 bits per heavy atom. The molecule has 0 radical (unpaired) electrons. The number of benzene rings is 1. The van der Waals surface area contributed by atoms with Gasteiger partial charge in [-0.15, -0.1) is 11.3 Å². The lowest BCUT2D eigenvalue weighted by atomic mass is 9.85. The normalized spacial score (nSPS) is 22.0. The third kappa shape index (κ3) is 5.16. The molecule has 3 heterocycles. The van der Waals surface area contributed by atoms with E-state index in [1.807, 2.05) is 57.5 Å². The van der Waals surface area contributed by atoms with Crippen LogP contribution in [0.25, 0.3) is 10.4 Å². The van der Waals surface area contributed by atoms with Gasteiger partial charge in [-0.25, -0.2) is 4.98 Å². The van der Waals surface area contributed by atoms with E-state index in [2.05, 4.69) is 15.6 Å². The monoisotopic (exact) mass is 514 g/mol. The first-order valence-corrected chi connectivity index (χ1v) is 13.0. The number of β-amino-alcohol motifs (C(OH)–C–C–N with tert-alkyl or cyclic N) is 1. The van der Waals surface area contributed by atoms with E-state index in [0.717, 1.165) is 21.7 Å². The number of ether oxygens (including phenoxy) is 1. The fourth-order valence-electron chi connectivity index (χ4n) is 4.78. The third-order valence-corrected chi connectivity index (χ3v) is 7.81. The molecule has 2 saturated heterocycles. The van der Waals surface area contributed by atoms with Crippen molar-refractivity contribution in [1.82, 2.24) is 20.5 Å². The van der Waals surface area contributed by atoms with E-state index in [1.54, 1.807) is 11.3 Å². The van der Waals surface area contributed by atoms with E-state index in [9.17, 15) is 19.5 Å². The molecule has 2 aromatic rings. The van der Waals surface area contributed by atoms with Crippen molar-refractivity contribution < 1.29 is 24.2 Å². The summed E-state index contributed by atoms with van der Waals surface area (Å²) in [4.78, 5) is 45.6. The summed E-state index contributed by atoms with van der Waals surface area (Å²) in [7, 11) is 0. The summed E-state index contributed by atoms with van der Waals surface area (Å²) in [6.45, 7) is 9.56. The van der Waals surface area contributed by atoms with Crippen molar-refractivity contribution in [2.75, 3.05) is 19.8 Å². The van der Waals surface area contributed by atoms with Crippen LogP contribution < -0.4 is 10.6 Å². The molecule has 36 heavy (non-hydrogen) atoms. The Balaban J connectivity index is 1.53. The molecular formula is C26H34N4O5S. The molecule has 194 valence electrons. The van der Waals surface area contributed by atoms with Crippen molar-refractivity contribution in [3.63, 3.8) is 0 Å². The molecule has 1 aromatic carbocycles. The standard InChI is InChI=1S/C26H34N4O5S/c1-15-21(36-14-27-15)17-6-8-18(9-7-17)26(12-35-13-26)29-23(33)20-10-19(32)11-30(20)24(34)22(25(3,4)5)28-16(2)31/h6-9,14,19-20,22,32H,10-13H2,1-5H3,(H,28,31)(H,29,33)/t19-,20+,22?/m1/s1. The molecule has 0 aliphatic carbocycles. The van der Waals surface area contributed by atoms with Crippen molar-refractivity contribution in [1.29, 1.82) is 0 Å². The highest BCUT2D eigenvalue weighted by atomic mass is 32.1. The summed E-state index contributed by atoms with van der Waals surface area (Å²) < 4.78 is 5.50. The van der Waals surface area contributed by atoms with Gasteiger partial charge in [0.2, 0.25) is 17.7 Å². The zero-order valence-corrected chi connectivity index (χ0v) is 22.1. The summed E-state index contributed by atoms with van der Waals surface area (Å²) in [6, 6.07) is 6.32. The van der Waals surface area contributed by atoms with Gasteiger partial charge in [-0.05, 0) is 23.5 Å². The molecule has 1 aromatic heterocycles. The van der Waals surface area contributed by atoms with Gasteiger partial charge in [-0.1, -0.05) is 45.0 Å². The van der Waals surface area contributed by atoms with Gasteiger partial charge in [0.1, 0.15) is 17.6 Å². The topological polar surface area (TPSA) is 121 Å². The van der Waals surface area contributed by atoms with E-state index >= 15 is 0 Å². The molecule has 10 heteroatoms. The molecule has 1 unspecified atom stereocenters. The second-order valence-electron chi connectivity index (χ2n) is 10.8. The number of hydrogen-bond acceptors (Lipinski definition) is 7. The van der Waals surface area contributed by atoms with Crippen LogP contribution in [0.2, 0.25) is 0 Å². The fraction of sp³-hybridized carbons (Fsp3) is 0.538.